The molecular formula is C18H28O9S. The first kappa shape index (κ1) is 25.8. The Kier molecular flexibility index (Phi) is 10.1. The molecule has 1 N–H and O–H groups in total. The SMILES string of the molecule is C=CC(=O)OC(C)C(CCC)(C(=O)OCC(C)S(=O)(=O)O)C(C)OC(=O)C=C. The quantitative estimate of drug-likeness (QED) is 0.217. The van der Waals surface area contributed by atoms with Crippen LogP contribution in [0.3, 0.4) is 0 Å². The number of esters is 3. The van der Waals surface area contributed by atoms with Crippen LogP contribution in [-0.2, 0) is 38.7 Å². The van der Waals surface area contributed by atoms with E-state index < -0.39 is 57.5 Å². The standard InChI is InChI=1S/C18H28O9S/c1-7-10-18(13(5)26-15(19)8-2,14(6)27-16(20)9-3)17(21)25-11-12(4)28(22,23)24/h8-9,12-14H,2-3,7,10-11H2,1,4-6H3,(H,22,23,24). The maximum absolute atomic E-state index is 13.0. The highest BCUT2D eigenvalue weighted by atomic mass is 32.2. The van der Waals surface area contributed by atoms with Gasteiger partial charge < -0.3 is 14.2 Å². The van der Waals surface area contributed by atoms with Gasteiger partial charge in [0.1, 0.15) is 29.5 Å². The zero-order valence-electron chi connectivity index (χ0n) is 16.5. The predicted molar refractivity (Wildman–Crippen MR) is 101 cm³/mol. The molecule has 0 aromatic heterocycles. The first-order chi connectivity index (χ1) is 12.9. The largest absolute Gasteiger partial charge is 0.464 e. The number of hydrogen-bond donors (Lipinski definition) is 1. The van der Waals surface area contributed by atoms with Crippen molar-refractivity contribution >= 4 is 28.0 Å². The number of hydrogen-bond acceptors (Lipinski definition) is 8. The molecule has 0 bridgehead atoms. The summed E-state index contributed by atoms with van der Waals surface area (Å²) in [7, 11) is -4.42. The van der Waals surface area contributed by atoms with Crippen molar-refractivity contribution in [3.63, 3.8) is 0 Å². The van der Waals surface area contributed by atoms with Gasteiger partial charge in [-0.15, -0.1) is 0 Å². The van der Waals surface area contributed by atoms with Gasteiger partial charge in [-0.25, -0.2) is 9.59 Å². The van der Waals surface area contributed by atoms with Gasteiger partial charge in [0.2, 0.25) is 0 Å². The van der Waals surface area contributed by atoms with E-state index in [1.54, 1.807) is 6.92 Å². The third-order valence-corrected chi connectivity index (χ3v) is 5.52. The third kappa shape index (κ3) is 6.75. The van der Waals surface area contributed by atoms with Crippen molar-refractivity contribution in [1.29, 1.82) is 0 Å². The van der Waals surface area contributed by atoms with E-state index in [1.165, 1.54) is 13.8 Å². The van der Waals surface area contributed by atoms with Crippen LogP contribution in [0.5, 0.6) is 0 Å². The first-order valence-corrected chi connectivity index (χ1v) is 10.2. The van der Waals surface area contributed by atoms with Crippen molar-refractivity contribution in [2.24, 2.45) is 5.41 Å². The summed E-state index contributed by atoms with van der Waals surface area (Å²) in [6.07, 6.45) is 0.162. The molecule has 9 nitrogen and oxygen atoms in total. The van der Waals surface area contributed by atoms with Crippen LogP contribution in [0.25, 0.3) is 0 Å². The second-order valence-corrected chi connectivity index (χ2v) is 8.12. The Morgan fingerprint density at radius 1 is 1.04 bits per heavy atom. The summed E-state index contributed by atoms with van der Waals surface area (Å²) in [4.78, 5) is 36.3. The van der Waals surface area contributed by atoms with Crippen molar-refractivity contribution in [1.82, 2.24) is 0 Å². The molecule has 3 atom stereocenters. The summed E-state index contributed by atoms with van der Waals surface area (Å²) in [5.74, 6) is -2.53. The smallest absolute Gasteiger partial charge is 0.330 e. The third-order valence-electron chi connectivity index (χ3n) is 4.37. The minimum Gasteiger partial charge on any atom is -0.464 e. The second-order valence-electron chi connectivity index (χ2n) is 6.28. The van der Waals surface area contributed by atoms with Gasteiger partial charge in [-0.1, -0.05) is 26.5 Å². The first-order valence-electron chi connectivity index (χ1n) is 8.66. The highest BCUT2D eigenvalue weighted by Crippen LogP contribution is 2.38. The molecule has 3 unspecified atom stereocenters. The molecule has 0 saturated heterocycles. The Morgan fingerprint density at radius 3 is 1.79 bits per heavy atom. The van der Waals surface area contributed by atoms with Crippen molar-refractivity contribution in [2.75, 3.05) is 6.61 Å². The zero-order valence-corrected chi connectivity index (χ0v) is 17.4. The fourth-order valence-electron chi connectivity index (χ4n) is 2.65. The number of ether oxygens (including phenoxy) is 3. The van der Waals surface area contributed by atoms with Gasteiger partial charge in [-0.05, 0) is 27.2 Å². The van der Waals surface area contributed by atoms with Gasteiger partial charge in [-0.2, -0.15) is 8.42 Å². The van der Waals surface area contributed by atoms with E-state index in [2.05, 4.69) is 13.2 Å². The molecule has 10 heteroatoms. The fraction of sp³-hybridized carbons (Fsp3) is 0.611. The van der Waals surface area contributed by atoms with E-state index in [1.807, 2.05) is 0 Å². The average molecular weight is 420 g/mol. The van der Waals surface area contributed by atoms with Gasteiger partial charge in [0.15, 0.2) is 0 Å². The van der Waals surface area contributed by atoms with Gasteiger partial charge >= 0.3 is 17.9 Å². The molecular weight excluding hydrogens is 392 g/mol. The summed E-state index contributed by atoms with van der Waals surface area (Å²) in [6.45, 7) is 11.7. The maximum atomic E-state index is 13.0. The molecule has 28 heavy (non-hydrogen) atoms. The van der Waals surface area contributed by atoms with Crippen LogP contribution < -0.4 is 0 Å². The lowest BCUT2D eigenvalue weighted by Gasteiger charge is -2.39. The minimum absolute atomic E-state index is 0.100. The Hall–Kier alpha value is -2.20. The molecule has 0 aliphatic heterocycles. The Balaban J connectivity index is 5.96. The van der Waals surface area contributed by atoms with E-state index in [-0.39, 0.29) is 6.42 Å². The lowest BCUT2D eigenvalue weighted by atomic mass is 9.74. The van der Waals surface area contributed by atoms with Crippen LogP contribution in [0.15, 0.2) is 25.3 Å². The highest BCUT2D eigenvalue weighted by Gasteiger charge is 2.53. The molecule has 0 saturated carbocycles. The monoisotopic (exact) mass is 420 g/mol. The van der Waals surface area contributed by atoms with E-state index in [4.69, 9.17) is 18.8 Å². The Morgan fingerprint density at radius 2 is 1.46 bits per heavy atom. The summed E-state index contributed by atoms with van der Waals surface area (Å²) in [5.41, 5.74) is -1.62. The molecule has 0 amide bonds. The zero-order chi connectivity index (χ0) is 22.1. The van der Waals surface area contributed by atoms with E-state index >= 15 is 0 Å². The van der Waals surface area contributed by atoms with E-state index in [9.17, 15) is 22.8 Å². The topological polar surface area (TPSA) is 133 Å². The van der Waals surface area contributed by atoms with Crippen LogP contribution >= 0.6 is 0 Å². The molecule has 0 spiro atoms. The number of carbonyl (C=O) groups excluding carboxylic acids is 3. The highest BCUT2D eigenvalue weighted by molar-refractivity contribution is 7.86. The molecule has 0 aliphatic rings. The molecule has 0 rings (SSSR count). The Bertz CT molecular complexity index is 668. The minimum atomic E-state index is -4.42. The predicted octanol–water partition coefficient (Wildman–Crippen LogP) is 1.83. The molecule has 0 fully saturated rings. The van der Waals surface area contributed by atoms with Crippen LogP contribution in [0.1, 0.15) is 40.5 Å². The fourth-order valence-corrected chi connectivity index (χ4v) is 2.89. The van der Waals surface area contributed by atoms with Gasteiger partial charge in [0.05, 0.1) is 0 Å². The number of carbonyl (C=O) groups is 3. The van der Waals surface area contributed by atoms with Crippen LogP contribution in [0, 0.1) is 5.41 Å². The lowest BCUT2D eigenvalue weighted by molar-refractivity contribution is -0.187. The van der Waals surface area contributed by atoms with Gasteiger partial charge in [-0.3, -0.25) is 9.35 Å². The van der Waals surface area contributed by atoms with Gasteiger partial charge in [0.25, 0.3) is 10.1 Å². The molecule has 0 radical (unpaired) electrons. The lowest BCUT2D eigenvalue weighted by Crippen LogP contribution is -2.53. The van der Waals surface area contributed by atoms with Crippen molar-refractivity contribution < 1.29 is 41.6 Å². The molecule has 0 heterocycles. The van der Waals surface area contributed by atoms with Crippen LogP contribution in [-0.4, -0.2) is 54.9 Å². The summed E-state index contributed by atoms with van der Waals surface area (Å²) in [5, 5.41) is -1.37. The second kappa shape index (κ2) is 11.0. The molecule has 160 valence electrons. The molecule has 0 aromatic carbocycles. The van der Waals surface area contributed by atoms with E-state index in [0.29, 0.717) is 6.42 Å². The van der Waals surface area contributed by atoms with E-state index in [0.717, 1.165) is 19.1 Å². The van der Waals surface area contributed by atoms with Crippen molar-refractivity contribution in [3.8, 4) is 0 Å². The summed E-state index contributed by atoms with van der Waals surface area (Å²) >= 11 is 0. The molecule has 0 aromatic rings. The van der Waals surface area contributed by atoms with Crippen LogP contribution in [0.4, 0.5) is 0 Å². The van der Waals surface area contributed by atoms with Crippen LogP contribution in [0.2, 0.25) is 0 Å². The normalized spacial score (nSPS) is 16.6. The average Bonchev–Trinajstić information content (AvgIpc) is 2.62. The van der Waals surface area contributed by atoms with Crippen molar-refractivity contribution in [2.45, 2.75) is 58.0 Å². The maximum Gasteiger partial charge on any atom is 0.330 e. The van der Waals surface area contributed by atoms with Crippen molar-refractivity contribution in [3.05, 3.63) is 25.3 Å². The van der Waals surface area contributed by atoms with Gasteiger partial charge in [0, 0.05) is 12.2 Å². The summed E-state index contributed by atoms with van der Waals surface area (Å²) in [6, 6.07) is 0. The molecule has 0 aliphatic carbocycles. The number of rotatable bonds is 12. The Labute approximate surface area is 165 Å². The summed E-state index contributed by atoms with van der Waals surface area (Å²) < 4.78 is 46.9.